The van der Waals surface area contributed by atoms with Crippen molar-refractivity contribution in [1.29, 1.82) is 0 Å². The van der Waals surface area contributed by atoms with Crippen molar-refractivity contribution < 1.29 is 23.1 Å². The molecule has 0 heterocycles. The molecule has 3 aromatic carbocycles. The molecule has 1 heteroatoms. The molecule has 110 valence electrons. The summed E-state index contributed by atoms with van der Waals surface area (Å²) < 4.78 is 0. The first-order valence-corrected chi connectivity index (χ1v) is 6.79. The van der Waals surface area contributed by atoms with E-state index in [-0.39, 0.29) is 23.1 Å². The second kappa shape index (κ2) is 12.7. The molecule has 0 bridgehead atoms. The Balaban J connectivity index is 0. The molecule has 0 saturated carbocycles. The van der Waals surface area contributed by atoms with Crippen LogP contribution in [0.3, 0.4) is 0 Å². The van der Waals surface area contributed by atoms with E-state index in [1.54, 1.807) is 0 Å². The van der Waals surface area contributed by atoms with Crippen LogP contribution in [0.2, 0.25) is 0 Å². The molecule has 0 spiro atoms. The van der Waals surface area contributed by atoms with Gasteiger partial charge < -0.3 is 1.43 Å². The van der Waals surface area contributed by atoms with Crippen LogP contribution < -0.4 is 0 Å². The Morgan fingerprint density at radius 2 is 0.591 bits per heavy atom. The largest absolute Gasteiger partial charge is 4.00 e. The summed E-state index contributed by atoms with van der Waals surface area (Å²) in [5, 5.41) is 0. The first-order chi connectivity index (χ1) is 10.2. The van der Waals surface area contributed by atoms with E-state index in [9.17, 15) is 0 Å². The number of hydrogen-bond donors (Lipinski definition) is 0. The summed E-state index contributed by atoms with van der Waals surface area (Å²) in [5.41, 5.74) is 3.22. The summed E-state index contributed by atoms with van der Waals surface area (Å²) >= 11 is 0. The molecule has 0 aliphatic rings. The Morgan fingerprint density at radius 1 is 0.409 bits per heavy atom. The van der Waals surface area contributed by atoms with Gasteiger partial charge in [-0.2, -0.15) is 73.9 Å². The molecule has 3 aromatic rings. The fourth-order valence-corrected chi connectivity index (χ4v) is 1.43. The molecule has 0 aromatic heterocycles. The summed E-state index contributed by atoms with van der Waals surface area (Å²) in [5.74, 6) is 0. The van der Waals surface area contributed by atoms with Crippen molar-refractivity contribution >= 4 is 0 Å². The molecule has 3 rings (SSSR count). The number of hydrogen-bond acceptors (Lipinski definition) is 0. The van der Waals surface area contributed by atoms with Crippen LogP contribution in [0.15, 0.2) is 91.0 Å². The Kier molecular flexibility index (Phi) is 11.5. The molecule has 0 aliphatic heterocycles. The molecule has 0 nitrogen and oxygen atoms in total. The van der Waals surface area contributed by atoms with Crippen LogP contribution in [0, 0.1) is 20.8 Å². The molecule has 0 radical (unpaired) electrons. The van der Waals surface area contributed by atoms with Crippen LogP contribution in [0.1, 0.15) is 18.1 Å². The van der Waals surface area contributed by atoms with E-state index in [4.69, 9.17) is 0 Å². The third kappa shape index (κ3) is 10.7. The van der Waals surface area contributed by atoms with E-state index in [2.05, 4.69) is 20.8 Å². The Bertz CT molecular complexity index is 491. The standard InChI is InChI=1S/3C7H7.Ti.H/c3*1-7-5-3-2-4-6-7;;/h3*2-6H,1H2;;/q3*-1;+4;-1. The molecule has 0 aliphatic carbocycles. The third-order valence-electron chi connectivity index (χ3n) is 2.53. The Morgan fingerprint density at radius 3 is 0.682 bits per heavy atom. The first-order valence-electron chi connectivity index (χ1n) is 6.79. The summed E-state index contributed by atoms with van der Waals surface area (Å²) in [6.07, 6.45) is 0. The van der Waals surface area contributed by atoms with Crippen molar-refractivity contribution in [1.82, 2.24) is 0 Å². The van der Waals surface area contributed by atoms with Gasteiger partial charge in [0.25, 0.3) is 0 Å². The normalized spacial score (nSPS) is 8.18. The molecule has 0 N–H and O–H groups in total. The van der Waals surface area contributed by atoms with Gasteiger partial charge >= 0.3 is 21.7 Å². The topological polar surface area (TPSA) is 0 Å². The van der Waals surface area contributed by atoms with E-state index in [1.165, 1.54) is 0 Å². The van der Waals surface area contributed by atoms with Crippen molar-refractivity contribution in [3.63, 3.8) is 0 Å². The van der Waals surface area contributed by atoms with Crippen LogP contribution >= 0.6 is 0 Å². The van der Waals surface area contributed by atoms with Crippen LogP contribution in [-0.4, -0.2) is 0 Å². The Labute approximate surface area is 151 Å². The predicted octanol–water partition coefficient (Wildman–Crippen LogP) is 5.72. The molecule has 0 atom stereocenters. The average molecular weight is 322 g/mol. The summed E-state index contributed by atoms with van der Waals surface area (Å²) in [6.45, 7) is 11.2. The van der Waals surface area contributed by atoms with E-state index >= 15 is 0 Å². The maximum Gasteiger partial charge on any atom is 4.00 e. The molecule has 0 fully saturated rings. The average Bonchev–Trinajstić information content (AvgIpc) is 2.51. The summed E-state index contributed by atoms with van der Waals surface area (Å²) in [6, 6.07) is 29.6. The van der Waals surface area contributed by atoms with Gasteiger partial charge in [-0.1, -0.05) is 18.2 Å². The van der Waals surface area contributed by atoms with Crippen molar-refractivity contribution in [2.75, 3.05) is 0 Å². The van der Waals surface area contributed by atoms with Gasteiger partial charge in [-0.3, -0.25) is 0 Å². The fraction of sp³-hybridized carbons (Fsp3) is 0. The van der Waals surface area contributed by atoms with Crippen LogP contribution in [-0.2, 0) is 21.7 Å². The number of rotatable bonds is 0. The second-order valence-electron chi connectivity index (χ2n) is 4.46. The predicted molar refractivity (Wildman–Crippen MR) is 93.8 cm³/mol. The SMILES string of the molecule is [CH2-]c1ccccc1.[CH2-]c1ccccc1.[CH2-]c1ccccc1.[H-].[Ti+4]. The zero-order chi connectivity index (χ0) is 15.3. The molecule has 0 unspecified atom stereocenters. The van der Waals surface area contributed by atoms with E-state index in [1.807, 2.05) is 91.0 Å². The van der Waals surface area contributed by atoms with Gasteiger partial charge in [0.15, 0.2) is 0 Å². The maximum atomic E-state index is 3.72. The van der Waals surface area contributed by atoms with Gasteiger partial charge in [0.05, 0.1) is 0 Å². The monoisotopic (exact) mass is 322 g/mol. The van der Waals surface area contributed by atoms with Gasteiger partial charge in [-0.15, -0.1) is 36.4 Å². The smallest absolute Gasteiger partial charge is 1.00 e. The van der Waals surface area contributed by atoms with Gasteiger partial charge in [-0.05, 0) is 0 Å². The summed E-state index contributed by atoms with van der Waals surface area (Å²) in [4.78, 5) is 0. The minimum Gasteiger partial charge on any atom is -1.00 e. The van der Waals surface area contributed by atoms with Crippen LogP contribution in [0.4, 0.5) is 0 Å². The van der Waals surface area contributed by atoms with Crippen molar-refractivity contribution in [2.45, 2.75) is 0 Å². The van der Waals surface area contributed by atoms with Crippen molar-refractivity contribution in [2.24, 2.45) is 0 Å². The first kappa shape index (κ1) is 20.0. The Hall–Kier alpha value is -2.02. The molecular formula is C21H22Ti. The van der Waals surface area contributed by atoms with Crippen molar-refractivity contribution in [3.05, 3.63) is 128 Å². The van der Waals surface area contributed by atoms with Gasteiger partial charge in [0.2, 0.25) is 0 Å². The fourth-order valence-electron chi connectivity index (χ4n) is 1.43. The quantitative estimate of drug-likeness (QED) is 0.367. The van der Waals surface area contributed by atoms with Crippen molar-refractivity contribution in [3.8, 4) is 0 Å². The van der Waals surface area contributed by atoms with E-state index in [0.717, 1.165) is 16.7 Å². The summed E-state index contributed by atoms with van der Waals surface area (Å²) in [7, 11) is 0. The zero-order valence-corrected chi connectivity index (χ0v) is 14.3. The number of benzene rings is 3. The second-order valence-corrected chi connectivity index (χ2v) is 4.46. The third-order valence-corrected chi connectivity index (χ3v) is 2.53. The zero-order valence-electron chi connectivity index (χ0n) is 13.8. The van der Waals surface area contributed by atoms with Gasteiger partial charge in [0, 0.05) is 0 Å². The van der Waals surface area contributed by atoms with Gasteiger partial charge in [0.1, 0.15) is 0 Å². The van der Waals surface area contributed by atoms with Gasteiger partial charge in [-0.25, -0.2) is 0 Å². The molecule has 22 heavy (non-hydrogen) atoms. The van der Waals surface area contributed by atoms with E-state index in [0.29, 0.717) is 0 Å². The van der Waals surface area contributed by atoms with Crippen LogP contribution in [0.5, 0.6) is 0 Å². The molecule has 0 amide bonds. The maximum absolute atomic E-state index is 3.72. The van der Waals surface area contributed by atoms with E-state index < -0.39 is 0 Å². The molecule has 0 saturated heterocycles. The minimum atomic E-state index is 0. The minimum absolute atomic E-state index is 0. The van der Waals surface area contributed by atoms with Crippen LogP contribution in [0.25, 0.3) is 0 Å². The molecular weight excluding hydrogens is 300 g/mol.